The maximum absolute atomic E-state index is 12.9. The number of aryl methyl sites for hydroxylation is 1. The summed E-state index contributed by atoms with van der Waals surface area (Å²) in [6.45, 7) is 0.737. The van der Waals surface area contributed by atoms with Crippen LogP contribution in [0, 0.1) is 5.82 Å². The summed E-state index contributed by atoms with van der Waals surface area (Å²) >= 11 is 0. The molecule has 3 rings (SSSR count). The van der Waals surface area contributed by atoms with Crippen molar-refractivity contribution < 1.29 is 18.7 Å². The lowest BCUT2D eigenvalue weighted by Gasteiger charge is -2.25. The summed E-state index contributed by atoms with van der Waals surface area (Å²) in [5.74, 6) is 1.18. The summed E-state index contributed by atoms with van der Waals surface area (Å²) < 4.78 is 23.7. The maximum atomic E-state index is 12.9. The molecule has 0 radical (unpaired) electrons. The molecule has 1 amide bonds. The standard InChI is InChI=1S/C20H23FN2O3/c1-23(2)17(15-6-9-18-19(11-15)26-13-25-18)12-22-20(24)10-5-14-3-7-16(21)8-4-14/h3-4,6-9,11,17H,5,10,12-13H2,1-2H3,(H,22,24). The van der Waals surface area contributed by atoms with E-state index in [0.29, 0.717) is 19.4 Å². The molecule has 0 aliphatic carbocycles. The van der Waals surface area contributed by atoms with Crippen molar-refractivity contribution in [2.24, 2.45) is 0 Å². The highest BCUT2D eigenvalue weighted by molar-refractivity contribution is 5.76. The van der Waals surface area contributed by atoms with Crippen LogP contribution in [0.4, 0.5) is 4.39 Å². The van der Waals surface area contributed by atoms with Crippen molar-refractivity contribution in [1.82, 2.24) is 10.2 Å². The lowest BCUT2D eigenvalue weighted by atomic mass is 10.0. The fraction of sp³-hybridized carbons (Fsp3) is 0.350. The maximum Gasteiger partial charge on any atom is 0.231 e. The molecule has 2 aromatic rings. The minimum atomic E-state index is -0.268. The molecule has 1 atom stereocenters. The Hall–Kier alpha value is -2.60. The van der Waals surface area contributed by atoms with Gasteiger partial charge in [-0.1, -0.05) is 18.2 Å². The predicted octanol–water partition coefficient (Wildman–Crippen LogP) is 2.91. The van der Waals surface area contributed by atoms with E-state index >= 15 is 0 Å². The number of hydrogen-bond donors (Lipinski definition) is 1. The van der Waals surface area contributed by atoms with E-state index in [1.165, 1.54) is 12.1 Å². The molecule has 2 aromatic carbocycles. The molecule has 0 fully saturated rings. The third-order valence-corrected chi connectivity index (χ3v) is 4.45. The van der Waals surface area contributed by atoms with E-state index in [-0.39, 0.29) is 24.6 Å². The molecule has 26 heavy (non-hydrogen) atoms. The molecule has 1 aliphatic rings. The molecular formula is C20H23FN2O3. The topological polar surface area (TPSA) is 50.8 Å². The number of benzene rings is 2. The molecule has 0 spiro atoms. The minimum Gasteiger partial charge on any atom is -0.454 e. The summed E-state index contributed by atoms with van der Waals surface area (Å²) in [7, 11) is 3.94. The van der Waals surface area contributed by atoms with E-state index < -0.39 is 0 Å². The second-order valence-electron chi connectivity index (χ2n) is 6.52. The second-order valence-corrected chi connectivity index (χ2v) is 6.52. The monoisotopic (exact) mass is 358 g/mol. The number of hydrogen-bond acceptors (Lipinski definition) is 4. The Morgan fingerprint density at radius 2 is 1.88 bits per heavy atom. The predicted molar refractivity (Wildman–Crippen MR) is 96.7 cm³/mol. The molecule has 138 valence electrons. The molecule has 6 heteroatoms. The van der Waals surface area contributed by atoms with Gasteiger partial charge in [-0.25, -0.2) is 4.39 Å². The summed E-state index contributed by atoms with van der Waals surface area (Å²) in [5, 5.41) is 2.99. The van der Waals surface area contributed by atoms with Gasteiger partial charge in [0.05, 0.1) is 6.04 Å². The van der Waals surface area contributed by atoms with Crippen LogP contribution in [-0.2, 0) is 11.2 Å². The second kappa shape index (κ2) is 8.19. The third-order valence-electron chi connectivity index (χ3n) is 4.45. The minimum absolute atomic E-state index is 0.0260. The molecular weight excluding hydrogens is 335 g/mol. The van der Waals surface area contributed by atoms with Crippen molar-refractivity contribution in [3.8, 4) is 11.5 Å². The lowest BCUT2D eigenvalue weighted by molar-refractivity contribution is -0.121. The number of rotatable bonds is 7. The van der Waals surface area contributed by atoms with Gasteiger partial charge in [0.15, 0.2) is 11.5 Å². The normalized spacial score (nSPS) is 13.7. The van der Waals surface area contributed by atoms with Crippen LogP contribution in [0.2, 0.25) is 0 Å². The van der Waals surface area contributed by atoms with Crippen molar-refractivity contribution >= 4 is 5.91 Å². The first-order valence-corrected chi connectivity index (χ1v) is 8.60. The Morgan fingerprint density at radius 1 is 1.15 bits per heavy atom. The first-order valence-electron chi connectivity index (χ1n) is 8.60. The zero-order valence-electron chi connectivity index (χ0n) is 15.0. The number of nitrogens with one attached hydrogen (secondary N) is 1. The smallest absolute Gasteiger partial charge is 0.231 e. The van der Waals surface area contributed by atoms with Gasteiger partial charge in [0.2, 0.25) is 12.7 Å². The number of ether oxygens (including phenoxy) is 2. The van der Waals surface area contributed by atoms with Crippen LogP contribution in [0.5, 0.6) is 11.5 Å². The molecule has 0 bridgehead atoms. The van der Waals surface area contributed by atoms with Crippen molar-refractivity contribution in [1.29, 1.82) is 0 Å². The van der Waals surface area contributed by atoms with Crippen LogP contribution in [0.15, 0.2) is 42.5 Å². The van der Waals surface area contributed by atoms with Gasteiger partial charge in [-0.05, 0) is 55.9 Å². The average molecular weight is 358 g/mol. The van der Waals surface area contributed by atoms with E-state index in [9.17, 15) is 9.18 Å². The van der Waals surface area contributed by atoms with Crippen LogP contribution < -0.4 is 14.8 Å². The number of likely N-dealkylation sites (N-methyl/N-ethyl adjacent to an activating group) is 1. The highest BCUT2D eigenvalue weighted by atomic mass is 19.1. The Kier molecular flexibility index (Phi) is 5.73. The number of fused-ring (bicyclic) bond motifs is 1. The first-order chi connectivity index (χ1) is 12.5. The van der Waals surface area contributed by atoms with Gasteiger partial charge < -0.3 is 19.7 Å². The Morgan fingerprint density at radius 3 is 2.62 bits per heavy atom. The number of amides is 1. The van der Waals surface area contributed by atoms with E-state index in [2.05, 4.69) is 10.2 Å². The Bertz CT molecular complexity index is 762. The highest BCUT2D eigenvalue weighted by Crippen LogP contribution is 2.34. The largest absolute Gasteiger partial charge is 0.454 e. The molecule has 1 aliphatic heterocycles. The van der Waals surface area contributed by atoms with Crippen molar-refractivity contribution in [3.63, 3.8) is 0 Å². The number of carbonyl (C=O) groups excluding carboxylic acids is 1. The van der Waals surface area contributed by atoms with Gasteiger partial charge in [-0.3, -0.25) is 4.79 Å². The number of nitrogens with zero attached hydrogens (tertiary/aromatic N) is 1. The van der Waals surface area contributed by atoms with Crippen LogP contribution >= 0.6 is 0 Å². The van der Waals surface area contributed by atoms with Gasteiger partial charge in [0, 0.05) is 13.0 Å². The third kappa shape index (κ3) is 4.52. The van der Waals surface area contributed by atoms with Gasteiger partial charge in [0.1, 0.15) is 5.82 Å². The van der Waals surface area contributed by atoms with Gasteiger partial charge in [0.25, 0.3) is 0 Å². The summed E-state index contributed by atoms with van der Waals surface area (Å²) in [4.78, 5) is 14.2. The van der Waals surface area contributed by atoms with E-state index in [4.69, 9.17) is 9.47 Å². The molecule has 1 N–H and O–H groups in total. The molecule has 0 aromatic heterocycles. The first kappa shape index (κ1) is 18.2. The van der Waals surface area contributed by atoms with Gasteiger partial charge >= 0.3 is 0 Å². The fourth-order valence-electron chi connectivity index (χ4n) is 2.93. The van der Waals surface area contributed by atoms with Crippen molar-refractivity contribution in [3.05, 3.63) is 59.4 Å². The Labute approximate surface area is 152 Å². The van der Waals surface area contributed by atoms with Crippen LogP contribution in [-0.4, -0.2) is 38.2 Å². The van der Waals surface area contributed by atoms with Crippen LogP contribution in [0.1, 0.15) is 23.6 Å². The summed E-state index contributed by atoms with van der Waals surface area (Å²) in [5.41, 5.74) is 2.00. The molecule has 1 unspecified atom stereocenters. The lowest BCUT2D eigenvalue weighted by Crippen LogP contribution is -2.34. The summed E-state index contributed by atoms with van der Waals surface area (Å²) in [6, 6.07) is 12.1. The zero-order chi connectivity index (χ0) is 18.5. The Balaban J connectivity index is 1.55. The average Bonchev–Trinajstić information content (AvgIpc) is 3.09. The molecule has 5 nitrogen and oxygen atoms in total. The number of halogens is 1. The quantitative estimate of drug-likeness (QED) is 0.827. The van der Waals surface area contributed by atoms with Gasteiger partial charge in [-0.15, -0.1) is 0 Å². The van der Waals surface area contributed by atoms with Crippen molar-refractivity contribution in [2.75, 3.05) is 27.4 Å². The molecule has 0 saturated heterocycles. The summed E-state index contributed by atoms with van der Waals surface area (Å²) in [6.07, 6.45) is 0.954. The van der Waals surface area contributed by atoms with Gasteiger partial charge in [-0.2, -0.15) is 0 Å². The SMILES string of the molecule is CN(C)C(CNC(=O)CCc1ccc(F)cc1)c1ccc2c(c1)OCO2. The zero-order valence-corrected chi connectivity index (χ0v) is 15.0. The molecule has 0 saturated carbocycles. The van der Waals surface area contributed by atoms with Crippen molar-refractivity contribution in [2.45, 2.75) is 18.9 Å². The highest BCUT2D eigenvalue weighted by Gasteiger charge is 2.20. The molecule has 1 heterocycles. The van der Waals surface area contributed by atoms with E-state index in [1.807, 2.05) is 32.3 Å². The number of carbonyl (C=O) groups is 1. The van der Waals surface area contributed by atoms with Crippen LogP contribution in [0.25, 0.3) is 0 Å². The fourth-order valence-corrected chi connectivity index (χ4v) is 2.93. The van der Waals surface area contributed by atoms with E-state index in [0.717, 1.165) is 22.6 Å². The van der Waals surface area contributed by atoms with Crippen LogP contribution in [0.3, 0.4) is 0 Å². The van der Waals surface area contributed by atoms with E-state index in [1.54, 1.807) is 12.1 Å².